The van der Waals surface area contributed by atoms with Gasteiger partial charge in [-0.3, -0.25) is 39.1 Å². The molecular weight excluding hydrogens is 1510 g/mol. The molecule has 1 aliphatic rings. The number of anilines is 7. The van der Waals surface area contributed by atoms with Gasteiger partial charge in [-0.2, -0.15) is 5.10 Å². The van der Waals surface area contributed by atoms with Gasteiger partial charge >= 0.3 is 0 Å². The number of benzene rings is 4. The first-order chi connectivity index (χ1) is 54.6. The Kier molecular flexibility index (Phi) is 28.5. The number of aromatic nitrogens is 10. The van der Waals surface area contributed by atoms with Gasteiger partial charge in [0.2, 0.25) is 0 Å². The second-order valence-electron chi connectivity index (χ2n) is 25.9. The van der Waals surface area contributed by atoms with Crippen LogP contribution in [0, 0.1) is 27.7 Å². The Morgan fingerprint density at radius 2 is 0.717 bits per heavy atom. The van der Waals surface area contributed by atoms with Crippen molar-refractivity contribution in [3.63, 3.8) is 0 Å². The van der Waals surface area contributed by atoms with Gasteiger partial charge in [-0.15, -0.1) is 0 Å². The highest BCUT2D eigenvalue weighted by Gasteiger charge is 2.21. The fraction of sp³-hybridized carbons (Fsp3) is 0.165. The highest BCUT2D eigenvalue weighted by atomic mass is 35.5. The van der Waals surface area contributed by atoms with Crippen molar-refractivity contribution in [2.24, 2.45) is 0 Å². The van der Waals surface area contributed by atoms with Crippen molar-refractivity contribution in [2.45, 2.75) is 53.8 Å². The lowest BCUT2D eigenvalue weighted by Gasteiger charge is -2.28. The van der Waals surface area contributed by atoms with Crippen LogP contribution >= 0.6 is 46.4 Å². The molecule has 0 unspecified atom stereocenters. The van der Waals surface area contributed by atoms with Gasteiger partial charge in [0.15, 0.2) is 5.82 Å². The predicted octanol–water partition coefficient (Wildman–Crippen LogP) is 16.6. The molecule has 113 heavy (non-hydrogen) atoms. The van der Waals surface area contributed by atoms with Gasteiger partial charge in [-0.25, -0.2) is 24.6 Å². The second kappa shape index (κ2) is 39.5. The van der Waals surface area contributed by atoms with Gasteiger partial charge in [0, 0.05) is 121 Å². The van der Waals surface area contributed by atoms with Crippen LogP contribution in [-0.2, 0) is 0 Å². The molecule has 24 nitrogen and oxygen atoms in total. The molecule has 574 valence electrons. The van der Waals surface area contributed by atoms with Crippen molar-refractivity contribution >= 4 is 110 Å². The third-order valence-corrected chi connectivity index (χ3v) is 18.6. The van der Waals surface area contributed by atoms with Gasteiger partial charge in [0.05, 0.1) is 100 Å². The van der Waals surface area contributed by atoms with Crippen molar-refractivity contribution in [2.75, 3.05) is 76.1 Å². The van der Waals surface area contributed by atoms with Crippen molar-refractivity contribution in [1.29, 1.82) is 0 Å². The van der Waals surface area contributed by atoms with E-state index in [1.807, 2.05) is 110 Å². The van der Waals surface area contributed by atoms with Crippen LogP contribution < -0.4 is 42.1 Å². The number of pyridine rings is 8. The summed E-state index contributed by atoms with van der Waals surface area (Å²) >= 11 is 25.2. The van der Waals surface area contributed by atoms with E-state index in [1.54, 1.807) is 174 Å². The van der Waals surface area contributed by atoms with Crippen molar-refractivity contribution < 1.29 is 29.4 Å². The fourth-order valence-electron chi connectivity index (χ4n) is 11.6. The van der Waals surface area contributed by atoms with E-state index in [4.69, 9.17) is 46.4 Å². The molecule has 0 saturated carbocycles. The van der Waals surface area contributed by atoms with Crippen LogP contribution in [0.25, 0.3) is 50.8 Å². The van der Waals surface area contributed by atoms with E-state index in [1.165, 1.54) is 0 Å². The number of nitrogens with one attached hydrogen (secondary N) is 7. The number of piperazine rings is 1. The van der Waals surface area contributed by atoms with Gasteiger partial charge in [-0.1, -0.05) is 70.7 Å². The van der Waals surface area contributed by atoms with E-state index in [9.17, 15) is 29.4 Å². The minimum absolute atomic E-state index is 0.198. The fourth-order valence-corrected chi connectivity index (χ4v) is 12.4. The molecule has 0 spiro atoms. The summed E-state index contributed by atoms with van der Waals surface area (Å²) in [5, 5.41) is 46.1. The number of aliphatic hydroxyl groups excluding tert-OH is 2. The van der Waals surface area contributed by atoms with Gasteiger partial charge < -0.3 is 52.3 Å². The van der Waals surface area contributed by atoms with Gasteiger partial charge in [0.25, 0.3) is 23.6 Å². The van der Waals surface area contributed by atoms with Crippen LogP contribution in [0.2, 0.25) is 20.1 Å². The van der Waals surface area contributed by atoms with Crippen molar-refractivity contribution in [1.82, 2.24) is 55.0 Å². The first-order valence-corrected chi connectivity index (χ1v) is 37.4. The lowest BCUT2D eigenvalue weighted by molar-refractivity contribution is 0.101. The SMILES string of the molecule is Cc1nc(-n2cccn2)ccc1C(=O)Nc1ccc(Cl)c(-c2ccccn2)c1.Cc1nc(N2CCNCC2)ccc1C(=O)Nc1ccc(Cl)c(-c2ccccn2)c1.Cc1nc(NC[C@@H](C)O)ccc1C(=O)Nc1ccc(Cl)c(-c2ccccn2)c1.Cc1nc(NC[C@H](C)O)ccc1C(=O)Nc1ccc(Cl)c(-c2ccccn2)c1. The summed E-state index contributed by atoms with van der Waals surface area (Å²) in [7, 11) is 0. The summed E-state index contributed by atoms with van der Waals surface area (Å²) < 4.78 is 1.65. The normalized spacial score (nSPS) is 12.0. The lowest BCUT2D eigenvalue weighted by Crippen LogP contribution is -2.44. The molecule has 0 radical (unpaired) electrons. The van der Waals surface area contributed by atoms with E-state index in [2.05, 4.69) is 87.1 Å². The van der Waals surface area contributed by atoms with Crippen molar-refractivity contribution in [3.05, 3.63) is 302 Å². The monoisotopic (exact) mass is 1590 g/mol. The number of carbonyl (C=O) groups excluding carboxylic acids is 4. The number of halogens is 4. The van der Waals surface area contributed by atoms with E-state index >= 15 is 0 Å². The zero-order valence-corrected chi connectivity index (χ0v) is 65.4. The number of carbonyl (C=O) groups is 4. The van der Waals surface area contributed by atoms with E-state index in [0.29, 0.717) is 118 Å². The highest BCUT2D eigenvalue weighted by molar-refractivity contribution is 6.35. The summed E-state index contributed by atoms with van der Waals surface area (Å²) in [6.07, 6.45) is 9.31. The maximum Gasteiger partial charge on any atom is 0.257 e. The van der Waals surface area contributed by atoms with Crippen LogP contribution in [0.5, 0.6) is 0 Å². The minimum Gasteiger partial charge on any atom is -0.392 e. The van der Waals surface area contributed by atoms with E-state index in [-0.39, 0.29) is 23.6 Å². The van der Waals surface area contributed by atoms with Crippen LogP contribution in [0.1, 0.15) is 78.1 Å². The number of hydrogen-bond acceptors (Lipinski definition) is 19. The molecule has 14 rings (SSSR count). The summed E-state index contributed by atoms with van der Waals surface area (Å²) in [6.45, 7) is 15.1. The van der Waals surface area contributed by atoms with Gasteiger partial charge in [-0.05, 0) is 217 Å². The molecule has 0 aliphatic carbocycles. The molecule has 13 aromatic rings. The quantitative estimate of drug-likeness (QED) is 0.0342. The van der Waals surface area contributed by atoms with Crippen LogP contribution in [0.15, 0.2) is 237 Å². The molecule has 9 aromatic heterocycles. The largest absolute Gasteiger partial charge is 0.392 e. The molecule has 0 bridgehead atoms. The maximum atomic E-state index is 12.8. The molecule has 2 atom stereocenters. The maximum absolute atomic E-state index is 12.8. The Bertz CT molecular complexity index is 5280. The van der Waals surface area contributed by atoms with Crippen LogP contribution in [0.4, 0.5) is 40.2 Å². The van der Waals surface area contributed by atoms with Crippen LogP contribution in [-0.4, -0.2) is 135 Å². The highest BCUT2D eigenvalue weighted by Crippen LogP contribution is 2.34. The third kappa shape index (κ3) is 22.7. The second-order valence-corrected chi connectivity index (χ2v) is 27.5. The smallest absolute Gasteiger partial charge is 0.257 e. The number of amides is 4. The Labute approximate surface area is 673 Å². The first kappa shape index (κ1) is 81.6. The number of aliphatic hydroxyl groups is 2. The minimum atomic E-state index is -0.483. The molecule has 4 aromatic carbocycles. The third-order valence-electron chi connectivity index (χ3n) is 17.3. The first-order valence-electron chi connectivity index (χ1n) is 35.9. The van der Waals surface area contributed by atoms with Crippen LogP contribution in [0.3, 0.4) is 0 Å². The summed E-state index contributed by atoms with van der Waals surface area (Å²) in [5.74, 6) is 1.82. The predicted molar refractivity (Wildman–Crippen MR) is 449 cm³/mol. The lowest BCUT2D eigenvalue weighted by atomic mass is 10.1. The summed E-state index contributed by atoms with van der Waals surface area (Å²) in [4.78, 5) is 88.3. The van der Waals surface area contributed by atoms with E-state index < -0.39 is 12.2 Å². The average Bonchev–Trinajstić information content (AvgIpc) is 1.48. The van der Waals surface area contributed by atoms with Gasteiger partial charge in [0.1, 0.15) is 17.5 Å². The summed E-state index contributed by atoms with van der Waals surface area (Å²) in [6, 6.07) is 59.5. The number of hydrogen-bond donors (Lipinski definition) is 9. The molecular formula is C85H80Cl4N18O6. The number of rotatable bonds is 20. The molecule has 1 aliphatic heterocycles. The molecule has 1 fully saturated rings. The Hall–Kier alpha value is -12.4. The Balaban J connectivity index is 0.000000149. The number of aryl methyl sites for hydroxylation is 4. The zero-order valence-electron chi connectivity index (χ0n) is 62.4. The molecule has 4 amide bonds. The Morgan fingerprint density at radius 1 is 0.398 bits per heavy atom. The molecule has 1 saturated heterocycles. The summed E-state index contributed by atoms with van der Waals surface area (Å²) in [5.41, 5.74) is 13.0. The molecule has 9 N–H and O–H groups in total. The topological polar surface area (TPSA) is 317 Å². The van der Waals surface area contributed by atoms with E-state index in [0.717, 1.165) is 77.0 Å². The number of nitrogens with zero attached hydrogens (tertiary/aromatic N) is 11. The zero-order chi connectivity index (χ0) is 79.9. The average molecular weight is 1590 g/mol. The van der Waals surface area contributed by atoms with Crippen molar-refractivity contribution in [3.8, 4) is 50.8 Å². The Morgan fingerprint density at radius 3 is 1.01 bits per heavy atom. The molecule has 10 heterocycles. The standard InChI is InChI=1S/C22H22ClN5O.C21H16ClN5O.2C21H21ClN4O2/c1-15-17(6-8-21(26-15)28-12-10-24-11-13-28)22(29)27-16-5-7-19(23)18(14-16)20-4-2-3-9-25-20;1-14-16(7-9-20(25-14)27-12-4-11-24-27)21(28)26-15-6-8-18(22)17(13-15)19-5-2-3-10-23-19;2*1-13(27)12-24-20-9-7-16(14(2)25-20)21(28)26-15-6-8-18(22)17(11-15)19-5-3-4-10-23-19/h2-9,14,24H,10-13H2,1H3,(H,27,29);2-13H,1H3,(H,26,28);2*3-11,13,27H,12H2,1-2H3,(H,24,25)(H,26,28)/t;;2*13-/m..10/s1. The molecule has 28 heteroatoms.